The van der Waals surface area contributed by atoms with Crippen LogP contribution >= 0.6 is 0 Å². The van der Waals surface area contributed by atoms with Crippen molar-refractivity contribution in [1.82, 2.24) is 5.32 Å². The van der Waals surface area contributed by atoms with Gasteiger partial charge in [-0.25, -0.2) is 0 Å². The van der Waals surface area contributed by atoms with Crippen molar-refractivity contribution in [3.8, 4) is 0 Å². The summed E-state index contributed by atoms with van der Waals surface area (Å²) in [6.07, 6.45) is -12.2. The quantitative estimate of drug-likeness (QED) is 0.178. The molecule has 0 aromatic heterocycles. The molecule has 0 amide bonds. The third-order valence-electron chi connectivity index (χ3n) is 4.24. The molecule has 11 nitrogen and oxygen atoms in total. The highest BCUT2D eigenvalue weighted by Gasteiger charge is 2.53. The molecule has 0 aliphatic carbocycles. The van der Waals surface area contributed by atoms with Crippen molar-refractivity contribution in [3.05, 3.63) is 0 Å². The highest BCUT2D eigenvalue weighted by Crippen LogP contribution is 2.28. The van der Waals surface area contributed by atoms with Crippen LogP contribution in [-0.4, -0.2) is 122 Å². The Kier molecular flexibility index (Phi) is 6.87. The van der Waals surface area contributed by atoms with E-state index in [1.807, 2.05) is 0 Å². The zero-order chi connectivity index (χ0) is 18.0. The fourth-order valence-corrected chi connectivity index (χ4v) is 2.54. The van der Waals surface area contributed by atoms with E-state index in [0.29, 0.717) is 0 Å². The van der Waals surface area contributed by atoms with Crippen LogP contribution in [0.15, 0.2) is 0 Å². The van der Waals surface area contributed by atoms with Gasteiger partial charge in [0.15, 0.2) is 0 Å². The molecule has 2 fully saturated rings. The number of fused-ring (bicyclic) bond motifs is 1. The van der Waals surface area contributed by atoms with E-state index in [-0.39, 0.29) is 18.9 Å². The summed E-state index contributed by atoms with van der Waals surface area (Å²) in [4.78, 5) is 0. The lowest BCUT2D eigenvalue weighted by molar-refractivity contribution is -0.168. The van der Waals surface area contributed by atoms with Gasteiger partial charge in [-0.2, -0.15) is 0 Å². The van der Waals surface area contributed by atoms with Gasteiger partial charge in [0.1, 0.15) is 55.1 Å². The van der Waals surface area contributed by atoms with E-state index < -0.39 is 62.0 Å². The molecule has 2 heterocycles. The van der Waals surface area contributed by atoms with Crippen molar-refractivity contribution in [3.63, 3.8) is 0 Å². The molecule has 0 bridgehead atoms. The van der Waals surface area contributed by atoms with Gasteiger partial charge in [-0.1, -0.05) is 0 Å². The van der Waals surface area contributed by atoms with Crippen LogP contribution in [0.5, 0.6) is 0 Å². The average molecular weight is 355 g/mol. The summed E-state index contributed by atoms with van der Waals surface area (Å²) in [7, 11) is 0. The summed E-state index contributed by atoms with van der Waals surface area (Å²) in [5.74, 6) is 0. The van der Waals surface area contributed by atoms with Gasteiger partial charge in [-0.3, -0.25) is 5.32 Å². The molecule has 2 rings (SSSR count). The molecule has 0 radical (unpaired) electrons. The van der Waals surface area contributed by atoms with E-state index >= 15 is 0 Å². The highest BCUT2D eigenvalue weighted by molar-refractivity contribution is 5.05. The summed E-state index contributed by atoms with van der Waals surface area (Å²) in [6.45, 7) is -1.46. The molecule has 0 saturated carbocycles. The summed E-state index contributed by atoms with van der Waals surface area (Å²) in [5.41, 5.74) is 0. The first-order valence-electron chi connectivity index (χ1n) is 7.64. The van der Waals surface area contributed by atoms with Gasteiger partial charge in [-0.05, 0) is 0 Å². The van der Waals surface area contributed by atoms with Crippen LogP contribution in [-0.2, 0) is 9.47 Å². The lowest BCUT2D eigenvalue weighted by atomic mass is 10.00. The van der Waals surface area contributed by atoms with E-state index in [2.05, 4.69) is 5.32 Å². The van der Waals surface area contributed by atoms with E-state index in [0.717, 1.165) is 0 Å². The minimum atomic E-state index is -1.90. The first kappa shape index (κ1) is 19.9. The van der Waals surface area contributed by atoms with Crippen LogP contribution in [0.4, 0.5) is 0 Å². The van der Waals surface area contributed by atoms with E-state index in [1.165, 1.54) is 0 Å². The molecule has 2 saturated heterocycles. The van der Waals surface area contributed by atoms with Gasteiger partial charge >= 0.3 is 0 Å². The normalized spacial score (nSPS) is 38.8. The zero-order valence-corrected chi connectivity index (χ0v) is 12.8. The number of aliphatic hydroxyl groups excluding tert-OH is 8. The van der Waals surface area contributed by atoms with Crippen LogP contribution in [0, 0.1) is 0 Å². The zero-order valence-electron chi connectivity index (χ0n) is 12.8. The molecule has 0 unspecified atom stereocenters. The molecule has 2 aliphatic rings. The molecule has 9 N–H and O–H groups in total. The van der Waals surface area contributed by atoms with Crippen LogP contribution in [0.1, 0.15) is 0 Å². The summed E-state index contributed by atoms with van der Waals surface area (Å²) in [5, 5.41) is 78.8. The van der Waals surface area contributed by atoms with Crippen LogP contribution in [0.25, 0.3) is 0 Å². The van der Waals surface area contributed by atoms with Gasteiger partial charge in [0, 0.05) is 0 Å². The molecule has 0 aromatic rings. The Bertz CT molecular complexity index is 401. The van der Waals surface area contributed by atoms with Gasteiger partial charge in [0.25, 0.3) is 0 Å². The maximum atomic E-state index is 9.83. The summed E-state index contributed by atoms with van der Waals surface area (Å²) >= 11 is 0. The number of ether oxygens (including phenoxy) is 2. The van der Waals surface area contributed by atoms with Gasteiger partial charge in [0.2, 0.25) is 0 Å². The topological polar surface area (TPSA) is 202 Å². The molecule has 142 valence electrons. The highest BCUT2D eigenvalue weighted by atomic mass is 16.6. The molecule has 0 aromatic carbocycles. The third-order valence-corrected chi connectivity index (χ3v) is 4.24. The molecule has 10 atom stereocenters. The predicted molar refractivity (Wildman–Crippen MR) is 75.5 cm³/mol. The molecule has 24 heavy (non-hydrogen) atoms. The fraction of sp³-hybridized carbons (Fsp3) is 1.00. The third kappa shape index (κ3) is 4.39. The largest absolute Gasteiger partial charge is 0.394 e. The Morgan fingerprint density at radius 2 is 1.54 bits per heavy atom. The number of hydrogen-bond donors (Lipinski definition) is 9. The lowest BCUT2D eigenvalue weighted by Crippen LogP contribution is -2.52. The van der Waals surface area contributed by atoms with Crippen LogP contribution < -0.4 is 5.32 Å². The van der Waals surface area contributed by atoms with Crippen LogP contribution in [0.2, 0.25) is 0 Å². The first-order valence-corrected chi connectivity index (χ1v) is 7.64. The standard InChI is InChI=1S/C13H25NO10/c15-1-4(16)8(18)12(22)9(19)5(17)2-23-3-6-10(20)11(21)7-13(14-7)24-6/h4-22H,1-3H2/t4-,5+,6-,7-,8+,9+,10-,11-,12-,13-/m1/s1. The smallest absolute Gasteiger partial charge is 0.127 e. The van der Waals surface area contributed by atoms with Gasteiger partial charge in [-0.15, -0.1) is 0 Å². The molecule has 11 heteroatoms. The maximum absolute atomic E-state index is 9.83. The first-order chi connectivity index (χ1) is 11.3. The Hall–Kier alpha value is -0.440. The predicted octanol–water partition coefficient (Wildman–Crippen LogP) is -5.78. The van der Waals surface area contributed by atoms with Crippen molar-refractivity contribution < 1.29 is 50.3 Å². The van der Waals surface area contributed by atoms with E-state index in [4.69, 9.17) is 14.6 Å². The Morgan fingerprint density at radius 1 is 0.917 bits per heavy atom. The van der Waals surface area contributed by atoms with Gasteiger partial charge in [0.05, 0.1) is 25.9 Å². The minimum absolute atomic E-state index is 0.176. The van der Waals surface area contributed by atoms with Crippen molar-refractivity contribution in [2.45, 2.75) is 61.1 Å². The molecule has 0 spiro atoms. The Labute approximate surface area is 137 Å². The maximum Gasteiger partial charge on any atom is 0.127 e. The van der Waals surface area contributed by atoms with Gasteiger partial charge < -0.3 is 50.3 Å². The number of nitrogens with one attached hydrogen (secondary N) is 1. The fourth-order valence-electron chi connectivity index (χ4n) is 2.54. The summed E-state index contributed by atoms with van der Waals surface area (Å²) < 4.78 is 10.5. The Balaban J connectivity index is 1.73. The van der Waals surface area contributed by atoms with Crippen molar-refractivity contribution in [2.24, 2.45) is 0 Å². The average Bonchev–Trinajstić information content (AvgIpc) is 3.35. The monoisotopic (exact) mass is 355 g/mol. The number of aliphatic hydroxyl groups is 8. The number of hydrogen-bond acceptors (Lipinski definition) is 11. The second-order valence-electron chi connectivity index (χ2n) is 6.10. The second-order valence-corrected chi connectivity index (χ2v) is 6.10. The molecular formula is C13H25NO10. The lowest BCUT2D eigenvalue weighted by Gasteiger charge is -2.31. The van der Waals surface area contributed by atoms with Crippen molar-refractivity contribution in [2.75, 3.05) is 19.8 Å². The van der Waals surface area contributed by atoms with Crippen molar-refractivity contribution >= 4 is 0 Å². The molecule has 2 aliphatic heterocycles. The molecular weight excluding hydrogens is 330 g/mol. The minimum Gasteiger partial charge on any atom is -0.394 e. The van der Waals surface area contributed by atoms with E-state index in [9.17, 15) is 35.7 Å². The van der Waals surface area contributed by atoms with E-state index in [1.54, 1.807) is 0 Å². The Morgan fingerprint density at radius 3 is 2.17 bits per heavy atom. The van der Waals surface area contributed by atoms with Crippen LogP contribution in [0.3, 0.4) is 0 Å². The SMILES string of the molecule is OC[C@@H](O)[C@H](O)[C@@H](O)[C@@H](O)[C@@H](O)COC[C@H]1O[C@H]2N[C@@H]2[C@@H](O)[C@@H]1O. The summed E-state index contributed by atoms with van der Waals surface area (Å²) in [6, 6.07) is -0.307. The van der Waals surface area contributed by atoms with Crippen molar-refractivity contribution in [1.29, 1.82) is 0 Å². The second kappa shape index (κ2) is 8.29. The number of rotatable bonds is 9.